The molecule has 1 fully saturated rings. The third-order valence-electron chi connectivity index (χ3n) is 6.52. The predicted molar refractivity (Wildman–Crippen MR) is 112 cm³/mol. The zero-order chi connectivity index (χ0) is 19.1. The van der Waals surface area contributed by atoms with Crippen molar-refractivity contribution in [3.05, 3.63) is 57.5 Å². The SMILES string of the molecule is Cn1ncc2c3c(c(=O)n(-c4ccc(CNC5CCCC5)cc4)c21)CCCC3. The van der Waals surface area contributed by atoms with Crippen LogP contribution >= 0.6 is 0 Å². The van der Waals surface area contributed by atoms with Gasteiger partial charge < -0.3 is 5.32 Å². The van der Waals surface area contributed by atoms with Gasteiger partial charge in [-0.05, 0) is 61.8 Å². The summed E-state index contributed by atoms with van der Waals surface area (Å²) < 4.78 is 3.70. The number of nitrogens with zero attached hydrogens (tertiary/aromatic N) is 3. The van der Waals surface area contributed by atoms with E-state index in [1.807, 2.05) is 22.5 Å². The second-order valence-electron chi connectivity index (χ2n) is 8.34. The summed E-state index contributed by atoms with van der Waals surface area (Å²) >= 11 is 0. The van der Waals surface area contributed by atoms with E-state index in [2.05, 4.69) is 34.7 Å². The van der Waals surface area contributed by atoms with Gasteiger partial charge in [0.1, 0.15) is 5.65 Å². The Labute approximate surface area is 165 Å². The Bertz CT molecular complexity index is 1050. The summed E-state index contributed by atoms with van der Waals surface area (Å²) in [5.41, 5.74) is 5.43. The van der Waals surface area contributed by atoms with Gasteiger partial charge >= 0.3 is 0 Å². The first kappa shape index (κ1) is 17.7. The lowest BCUT2D eigenvalue weighted by Crippen LogP contribution is -2.27. The molecule has 3 aromatic rings. The van der Waals surface area contributed by atoms with Crippen molar-refractivity contribution < 1.29 is 0 Å². The molecule has 5 heteroatoms. The van der Waals surface area contributed by atoms with Gasteiger partial charge in [-0.1, -0.05) is 25.0 Å². The fourth-order valence-corrected chi connectivity index (χ4v) is 4.97. The lowest BCUT2D eigenvalue weighted by molar-refractivity contribution is 0.524. The molecule has 0 aliphatic heterocycles. The molecule has 2 aliphatic rings. The maximum absolute atomic E-state index is 13.4. The van der Waals surface area contributed by atoms with E-state index in [0.29, 0.717) is 6.04 Å². The van der Waals surface area contributed by atoms with Crippen LogP contribution in [0.3, 0.4) is 0 Å². The van der Waals surface area contributed by atoms with Crippen LogP contribution in [0, 0.1) is 0 Å². The minimum Gasteiger partial charge on any atom is -0.310 e. The molecule has 2 aliphatic carbocycles. The largest absolute Gasteiger partial charge is 0.310 e. The highest BCUT2D eigenvalue weighted by Gasteiger charge is 2.22. The lowest BCUT2D eigenvalue weighted by atomic mass is 9.91. The quantitative estimate of drug-likeness (QED) is 0.756. The number of pyridine rings is 1. The number of aryl methyl sites for hydroxylation is 2. The van der Waals surface area contributed by atoms with E-state index in [9.17, 15) is 4.79 Å². The van der Waals surface area contributed by atoms with Crippen LogP contribution in [-0.2, 0) is 26.4 Å². The Kier molecular flexibility index (Phi) is 4.55. The lowest BCUT2D eigenvalue weighted by Gasteiger charge is -2.19. The van der Waals surface area contributed by atoms with E-state index in [1.165, 1.54) is 36.8 Å². The first-order valence-corrected chi connectivity index (χ1v) is 10.6. The molecule has 1 aromatic carbocycles. The van der Waals surface area contributed by atoms with Crippen molar-refractivity contribution in [3.8, 4) is 5.69 Å². The molecule has 0 unspecified atom stereocenters. The van der Waals surface area contributed by atoms with Crippen LogP contribution in [0.1, 0.15) is 55.2 Å². The molecule has 0 saturated heterocycles. The second-order valence-corrected chi connectivity index (χ2v) is 8.34. The van der Waals surface area contributed by atoms with Gasteiger partial charge in [0.25, 0.3) is 5.56 Å². The molecular formula is C23H28N4O. The Morgan fingerprint density at radius 2 is 1.75 bits per heavy atom. The smallest absolute Gasteiger partial charge is 0.260 e. The summed E-state index contributed by atoms with van der Waals surface area (Å²) in [7, 11) is 1.92. The van der Waals surface area contributed by atoms with Crippen molar-refractivity contribution >= 4 is 11.0 Å². The molecule has 146 valence electrons. The number of hydrogen-bond acceptors (Lipinski definition) is 3. The molecule has 28 heavy (non-hydrogen) atoms. The number of hydrogen-bond donors (Lipinski definition) is 1. The maximum Gasteiger partial charge on any atom is 0.260 e. The van der Waals surface area contributed by atoms with E-state index >= 15 is 0 Å². The van der Waals surface area contributed by atoms with Gasteiger partial charge in [-0.3, -0.25) is 14.0 Å². The number of aromatic nitrogens is 3. The van der Waals surface area contributed by atoms with Crippen molar-refractivity contribution in [2.75, 3.05) is 0 Å². The molecule has 1 N–H and O–H groups in total. The maximum atomic E-state index is 13.4. The number of nitrogens with one attached hydrogen (secondary N) is 1. The van der Waals surface area contributed by atoms with Gasteiger partial charge in [0, 0.05) is 30.6 Å². The summed E-state index contributed by atoms with van der Waals surface area (Å²) in [6.07, 6.45) is 11.3. The van der Waals surface area contributed by atoms with Crippen LogP contribution in [0.4, 0.5) is 0 Å². The molecule has 0 bridgehead atoms. The first-order valence-electron chi connectivity index (χ1n) is 10.6. The van der Waals surface area contributed by atoms with Gasteiger partial charge in [-0.15, -0.1) is 0 Å². The van der Waals surface area contributed by atoms with Crippen LogP contribution in [0.25, 0.3) is 16.7 Å². The Morgan fingerprint density at radius 3 is 2.50 bits per heavy atom. The van der Waals surface area contributed by atoms with Crippen molar-refractivity contribution in [1.82, 2.24) is 19.7 Å². The van der Waals surface area contributed by atoms with Crippen molar-refractivity contribution in [1.29, 1.82) is 0 Å². The highest BCUT2D eigenvalue weighted by Crippen LogP contribution is 2.28. The molecular weight excluding hydrogens is 348 g/mol. The molecule has 2 heterocycles. The monoisotopic (exact) mass is 376 g/mol. The number of rotatable bonds is 4. The molecule has 0 atom stereocenters. The van der Waals surface area contributed by atoms with Gasteiger partial charge in [-0.2, -0.15) is 5.10 Å². The van der Waals surface area contributed by atoms with Crippen LogP contribution in [0.15, 0.2) is 35.3 Å². The van der Waals surface area contributed by atoms with Crippen LogP contribution < -0.4 is 10.9 Å². The third kappa shape index (κ3) is 2.98. The average Bonchev–Trinajstić information content (AvgIpc) is 3.38. The molecule has 2 aromatic heterocycles. The molecule has 0 spiro atoms. The van der Waals surface area contributed by atoms with E-state index in [1.54, 1.807) is 0 Å². The van der Waals surface area contributed by atoms with E-state index in [0.717, 1.165) is 54.5 Å². The molecule has 0 amide bonds. The Balaban J connectivity index is 1.53. The fourth-order valence-electron chi connectivity index (χ4n) is 4.97. The standard InChI is InChI=1S/C23H28N4O/c1-26-22-21(15-25-26)19-8-4-5-9-20(19)23(28)27(22)18-12-10-16(11-13-18)14-24-17-6-2-3-7-17/h10-13,15,17,24H,2-9,14H2,1H3. The van der Waals surface area contributed by atoms with Crippen molar-refractivity contribution in [3.63, 3.8) is 0 Å². The van der Waals surface area contributed by atoms with E-state index in [4.69, 9.17) is 0 Å². The van der Waals surface area contributed by atoms with Gasteiger partial charge in [0.2, 0.25) is 0 Å². The summed E-state index contributed by atoms with van der Waals surface area (Å²) in [4.78, 5) is 13.4. The van der Waals surface area contributed by atoms with E-state index < -0.39 is 0 Å². The number of benzene rings is 1. The molecule has 5 nitrogen and oxygen atoms in total. The Morgan fingerprint density at radius 1 is 1.04 bits per heavy atom. The summed E-state index contributed by atoms with van der Waals surface area (Å²) in [5.74, 6) is 0. The van der Waals surface area contributed by atoms with Crippen LogP contribution in [0.2, 0.25) is 0 Å². The number of fused-ring (bicyclic) bond motifs is 3. The molecule has 5 rings (SSSR count). The van der Waals surface area contributed by atoms with Gasteiger partial charge in [-0.25, -0.2) is 0 Å². The van der Waals surface area contributed by atoms with Crippen molar-refractivity contribution in [2.24, 2.45) is 7.05 Å². The highest BCUT2D eigenvalue weighted by atomic mass is 16.1. The van der Waals surface area contributed by atoms with Gasteiger partial charge in [0.15, 0.2) is 0 Å². The van der Waals surface area contributed by atoms with Gasteiger partial charge in [0.05, 0.1) is 11.9 Å². The highest BCUT2D eigenvalue weighted by molar-refractivity contribution is 5.82. The zero-order valence-corrected chi connectivity index (χ0v) is 16.6. The normalized spacial score (nSPS) is 17.3. The topological polar surface area (TPSA) is 51.9 Å². The summed E-state index contributed by atoms with van der Waals surface area (Å²) in [5, 5.41) is 9.26. The zero-order valence-electron chi connectivity index (χ0n) is 16.6. The van der Waals surface area contributed by atoms with E-state index in [-0.39, 0.29) is 5.56 Å². The minimum absolute atomic E-state index is 0.127. The van der Waals surface area contributed by atoms with Crippen LogP contribution in [-0.4, -0.2) is 20.4 Å². The van der Waals surface area contributed by atoms with Crippen molar-refractivity contribution in [2.45, 2.75) is 64.0 Å². The second kappa shape index (κ2) is 7.21. The summed E-state index contributed by atoms with van der Waals surface area (Å²) in [6, 6.07) is 9.11. The van der Waals surface area contributed by atoms with Crippen LogP contribution in [0.5, 0.6) is 0 Å². The fraction of sp³-hybridized carbons (Fsp3) is 0.478. The predicted octanol–water partition coefficient (Wildman–Crippen LogP) is 3.64. The third-order valence-corrected chi connectivity index (χ3v) is 6.52. The molecule has 1 saturated carbocycles. The minimum atomic E-state index is 0.127. The average molecular weight is 377 g/mol. The molecule has 0 radical (unpaired) electrons. The first-order chi connectivity index (χ1) is 13.7. The Hall–Kier alpha value is -2.40. The summed E-state index contributed by atoms with van der Waals surface area (Å²) in [6.45, 7) is 0.894.